The zero-order valence-electron chi connectivity index (χ0n) is 16.0. The molecule has 29 heavy (non-hydrogen) atoms. The molecule has 0 unspecified atom stereocenters. The van der Waals surface area contributed by atoms with Crippen molar-refractivity contribution < 1.29 is 0 Å². The average Bonchev–Trinajstić information content (AvgIpc) is 3.04. The van der Waals surface area contributed by atoms with E-state index in [1.54, 1.807) is 29.0 Å². The van der Waals surface area contributed by atoms with E-state index in [1.807, 2.05) is 0 Å². The Balaban J connectivity index is 1.52. The number of halogens is 2. The zero-order chi connectivity index (χ0) is 20.4. The average molecular weight is 435 g/mol. The molecular formula is C20H24Cl2N6O. The van der Waals surface area contributed by atoms with Crippen LogP contribution in [0.3, 0.4) is 0 Å². The van der Waals surface area contributed by atoms with E-state index in [1.165, 1.54) is 25.7 Å². The van der Waals surface area contributed by atoms with Crippen LogP contribution in [0.25, 0.3) is 11.2 Å². The highest BCUT2D eigenvalue weighted by Crippen LogP contribution is 2.28. The van der Waals surface area contributed by atoms with E-state index in [-0.39, 0.29) is 12.2 Å². The monoisotopic (exact) mass is 434 g/mol. The predicted molar refractivity (Wildman–Crippen MR) is 117 cm³/mol. The third kappa shape index (κ3) is 4.57. The van der Waals surface area contributed by atoms with Crippen molar-refractivity contribution in [1.82, 2.24) is 19.5 Å². The van der Waals surface area contributed by atoms with Crippen LogP contribution in [0.15, 0.2) is 29.2 Å². The van der Waals surface area contributed by atoms with Crippen LogP contribution < -0.4 is 16.7 Å². The van der Waals surface area contributed by atoms with E-state index < -0.39 is 0 Å². The van der Waals surface area contributed by atoms with Gasteiger partial charge in [-0.2, -0.15) is 4.98 Å². The Labute approximate surface area is 178 Å². The van der Waals surface area contributed by atoms with Crippen molar-refractivity contribution in [2.24, 2.45) is 17.6 Å². The van der Waals surface area contributed by atoms with E-state index >= 15 is 0 Å². The maximum atomic E-state index is 12.4. The van der Waals surface area contributed by atoms with Crippen LogP contribution in [-0.2, 0) is 6.54 Å². The highest BCUT2D eigenvalue weighted by Gasteiger charge is 2.20. The number of rotatable bonds is 6. The number of fused-ring (bicyclic) bond motifs is 1. The molecule has 0 spiro atoms. The van der Waals surface area contributed by atoms with E-state index in [0.29, 0.717) is 39.0 Å². The van der Waals surface area contributed by atoms with Gasteiger partial charge in [0.15, 0.2) is 5.65 Å². The highest BCUT2D eigenvalue weighted by atomic mass is 35.5. The van der Waals surface area contributed by atoms with Crippen LogP contribution in [0.5, 0.6) is 0 Å². The molecule has 0 bridgehead atoms. The molecule has 7 nitrogen and oxygen atoms in total. The lowest BCUT2D eigenvalue weighted by atomic mass is 9.82. The molecule has 0 aliphatic heterocycles. The maximum absolute atomic E-state index is 12.4. The maximum Gasteiger partial charge on any atom is 0.328 e. The van der Waals surface area contributed by atoms with Crippen LogP contribution in [-0.4, -0.2) is 32.6 Å². The predicted octanol–water partition coefficient (Wildman–Crippen LogP) is 3.65. The van der Waals surface area contributed by atoms with Gasteiger partial charge in [-0.05, 0) is 67.8 Å². The number of benzene rings is 1. The first-order valence-corrected chi connectivity index (χ1v) is 10.6. The molecule has 9 heteroatoms. The molecule has 2 aromatic heterocycles. The molecule has 1 aromatic carbocycles. The summed E-state index contributed by atoms with van der Waals surface area (Å²) in [5.41, 5.74) is 7.39. The normalized spacial score (nSPS) is 19.6. The second kappa shape index (κ2) is 8.73. The van der Waals surface area contributed by atoms with Crippen molar-refractivity contribution in [2.45, 2.75) is 32.2 Å². The molecule has 0 amide bonds. The molecule has 0 radical (unpaired) electrons. The summed E-state index contributed by atoms with van der Waals surface area (Å²) in [6, 6.07) is 5.20. The summed E-state index contributed by atoms with van der Waals surface area (Å²) in [6.45, 7) is 1.87. The number of nitrogens with zero attached hydrogens (tertiary/aromatic N) is 3. The molecule has 4 rings (SSSR count). The van der Waals surface area contributed by atoms with Gasteiger partial charge < -0.3 is 16.0 Å². The van der Waals surface area contributed by atoms with Crippen molar-refractivity contribution in [3.05, 3.63) is 50.5 Å². The van der Waals surface area contributed by atoms with Gasteiger partial charge in [-0.1, -0.05) is 23.2 Å². The molecule has 1 saturated carbocycles. The zero-order valence-corrected chi connectivity index (χ0v) is 17.5. The van der Waals surface area contributed by atoms with Crippen molar-refractivity contribution in [3.8, 4) is 0 Å². The second-order valence-electron chi connectivity index (χ2n) is 7.69. The number of aromatic nitrogens is 4. The fraction of sp³-hybridized carbons (Fsp3) is 0.450. The number of hydrogen-bond acceptors (Lipinski definition) is 5. The van der Waals surface area contributed by atoms with Gasteiger partial charge in [-0.3, -0.25) is 4.57 Å². The summed E-state index contributed by atoms with van der Waals surface area (Å²) in [6.07, 6.45) is 6.33. The minimum atomic E-state index is -0.261. The summed E-state index contributed by atoms with van der Waals surface area (Å²) in [7, 11) is 0. The fourth-order valence-electron chi connectivity index (χ4n) is 3.92. The van der Waals surface area contributed by atoms with Crippen LogP contribution in [0.2, 0.25) is 10.0 Å². The fourth-order valence-corrected chi connectivity index (χ4v) is 4.29. The third-order valence-corrected chi connectivity index (χ3v) is 6.30. The molecule has 4 N–H and O–H groups in total. The van der Waals surface area contributed by atoms with Gasteiger partial charge in [0, 0.05) is 16.6 Å². The van der Waals surface area contributed by atoms with Crippen LogP contribution in [0.4, 0.5) is 5.95 Å². The van der Waals surface area contributed by atoms with Crippen molar-refractivity contribution in [1.29, 1.82) is 0 Å². The van der Waals surface area contributed by atoms with Gasteiger partial charge in [0.1, 0.15) is 5.52 Å². The standard InChI is InChI=1S/C20H24Cl2N6O/c21-15-5-6-16(22)14(7-15)11-28-18-17(26-20(28)29)10-25-19(27-18)24-9-13-3-1-12(8-23)2-4-13/h5-7,10,12-13H,1-4,8-9,11,23H2,(H,26,29)(H,24,25,27)/t12-,13-. The second-order valence-corrected chi connectivity index (χ2v) is 8.53. The Morgan fingerprint density at radius 2 is 1.97 bits per heavy atom. The van der Waals surface area contributed by atoms with E-state index in [0.717, 1.165) is 18.7 Å². The minimum Gasteiger partial charge on any atom is -0.354 e. The largest absolute Gasteiger partial charge is 0.354 e. The molecule has 3 aromatic rings. The Bertz CT molecular complexity index is 1050. The first-order chi connectivity index (χ1) is 14.0. The quantitative estimate of drug-likeness (QED) is 0.549. The number of anilines is 1. The molecule has 1 aliphatic carbocycles. The SMILES string of the molecule is NC[C@H]1CC[C@H](CNc2ncc3[nH]c(=O)n(Cc4cc(Cl)ccc4Cl)c3n2)CC1. The van der Waals surface area contributed by atoms with Gasteiger partial charge in [0.25, 0.3) is 0 Å². The highest BCUT2D eigenvalue weighted by molar-refractivity contribution is 6.33. The first-order valence-electron chi connectivity index (χ1n) is 9.87. The number of hydrogen-bond donors (Lipinski definition) is 3. The van der Waals surface area contributed by atoms with Gasteiger partial charge in [-0.15, -0.1) is 0 Å². The summed E-state index contributed by atoms with van der Waals surface area (Å²) in [5, 5.41) is 4.45. The summed E-state index contributed by atoms with van der Waals surface area (Å²) in [4.78, 5) is 24.2. The van der Waals surface area contributed by atoms with Crippen molar-refractivity contribution in [2.75, 3.05) is 18.4 Å². The summed E-state index contributed by atoms with van der Waals surface area (Å²) in [5.74, 6) is 1.77. The van der Waals surface area contributed by atoms with Gasteiger partial charge in [-0.25, -0.2) is 9.78 Å². The molecule has 1 fully saturated rings. The number of nitrogens with one attached hydrogen (secondary N) is 2. The number of aromatic amines is 1. The number of imidazole rings is 1. The Kier molecular flexibility index (Phi) is 6.08. The van der Waals surface area contributed by atoms with E-state index in [2.05, 4.69) is 20.3 Å². The lowest BCUT2D eigenvalue weighted by molar-refractivity contribution is 0.289. The minimum absolute atomic E-state index is 0.261. The summed E-state index contributed by atoms with van der Waals surface area (Å²) >= 11 is 12.3. The molecule has 2 heterocycles. The smallest absolute Gasteiger partial charge is 0.328 e. The number of nitrogens with two attached hydrogens (primary N) is 1. The molecule has 154 valence electrons. The van der Waals surface area contributed by atoms with Crippen LogP contribution >= 0.6 is 23.2 Å². The molecular weight excluding hydrogens is 411 g/mol. The molecule has 0 atom stereocenters. The molecule has 0 saturated heterocycles. The Hall–Kier alpha value is -2.09. The van der Waals surface area contributed by atoms with Crippen molar-refractivity contribution in [3.63, 3.8) is 0 Å². The van der Waals surface area contributed by atoms with E-state index in [4.69, 9.17) is 28.9 Å². The van der Waals surface area contributed by atoms with Crippen LogP contribution in [0, 0.1) is 11.8 Å². The van der Waals surface area contributed by atoms with Crippen molar-refractivity contribution >= 4 is 40.3 Å². The third-order valence-electron chi connectivity index (χ3n) is 5.70. The lowest BCUT2D eigenvalue weighted by Crippen LogP contribution is -2.25. The van der Waals surface area contributed by atoms with E-state index in [9.17, 15) is 4.79 Å². The van der Waals surface area contributed by atoms with Gasteiger partial charge in [0.05, 0.1) is 12.7 Å². The van der Waals surface area contributed by atoms with Gasteiger partial charge in [0.2, 0.25) is 5.95 Å². The Morgan fingerprint density at radius 3 is 2.72 bits per heavy atom. The topological polar surface area (TPSA) is 102 Å². The van der Waals surface area contributed by atoms with Crippen LogP contribution in [0.1, 0.15) is 31.2 Å². The summed E-state index contributed by atoms with van der Waals surface area (Å²) < 4.78 is 1.55. The Morgan fingerprint density at radius 1 is 1.21 bits per heavy atom. The lowest BCUT2D eigenvalue weighted by Gasteiger charge is -2.27. The first kappa shape index (κ1) is 20.2. The van der Waals surface area contributed by atoms with Gasteiger partial charge >= 0.3 is 5.69 Å². The number of H-pyrrole nitrogens is 1. The molecule has 1 aliphatic rings.